The summed E-state index contributed by atoms with van der Waals surface area (Å²) in [6.45, 7) is 5.24. The fourth-order valence-electron chi connectivity index (χ4n) is 4.03. The number of likely N-dealkylation sites (tertiary alicyclic amines) is 1. The Morgan fingerprint density at radius 1 is 0.943 bits per heavy atom. The van der Waals surface area contributed by atoms with Crippen LogP contribution in [-0.2, 0) is 16.1 Å². The number of Topliss-reactive ketones (excluding diaryl/α,β-unsaturated/α-hetero) is 1. The molecule has 3 aromatic rings. The molecule has 1 aliphatic heterocycles. The van der Waals surface area contributed by atoms with Gasteiger partial charge < -0.3 is 23.9 Å². The summed E-state index contributed by atoms with van der Waals surface area (Å²) in [5.41, 5.74) is 1.11. The van der Waals surface area contributed by atoms with Crippen molar-refractivity contribution in [2.75, 3.05) is 13.2 Å². The molecule has 1 N–H and O–H groups in total. The van der Waals surface area contributed by atoms with Crippen molar-refractivity contribution in [3.63, 3.8) is 0 Å². The van der Waals surface area contributed by atoms with Gasteiger partial charge in [-0.1, -0.05) is 38.1 Å². The minimum Gasteiger partial charge on any atom is -0.507 e. The molecule has 4 rings (SSSR count). The maximum absolute atomic E-state index is 13.2. The van der Waals surface area contributed by atoms with Crippen LogP contribution < -0.4 is 9.47 Å². The Morgan fingerprint density at radius 2 is 1.66 bits per heavy atom. The van der Waals surface area contributed by atoms with Crippen LogP contribution in [-0.4, -0.2) is 34.9 Å². The average Bonchev–Trinajstić information content (AvgIpc) is 3.49. The largest absolute Gasteiger partial charge is 0.507 e. The van der Waals surface area contributed by atoms with Crippen LogP contribution in [0.5, 0.6) is 11.5 Å². The third kappa shape index (κ3) is 5.24. The number of aliphatic hydroxyl groups excluding tert-OH is 1. The van der Waals surface area contributed by atoms with Crippen molar-refractivity contribution in [2.45, 2.75) is 39.3 Å². The monoisotopic (exact) mass is 475 g/mol. The van der Waals surface area contributed by atoms with Crippen molar-refractivity contribution in [3.8, 4) is 11.5 Å². The highest BCUT2D eigenvalue weighted by molar-refractivity contribution is 6.46. The van der Waals surface area contributed by atoms with Crippen LogP contribution in [0.4, 0.5) is 0 Å². The summed E-state index contributed by atoms with van der Waals surface area (Å²) in [4.78, 5) is 27.8. The Kier molecular flexibility index (Phi) is 7.55. The van der Waals surface area contributed by atoms with Gasteiger partial charge in [0.15, 0.2) is 0 Å². The lowest BCUT2D eigenvalue weighted by atomic mass is 9.95. The van der Waals surface area contributed by atoms with Gasteiger partial charge in [-0.2, -0.15) is 0 Å². The zero-order valence-corrected chi connectivity index (χ0v) is 19.9. The number of hydrogen-bond acceptors (Lipinski definition) is 6. The highest BCUT2D eigenvalue weighted by atomic mass is 16.5. The van der Waals surface area contributed by atoms with Crippen molar-refractivity contribution in [1.29, 1.82) is 0 Å². The standard InChI is InChI=1S/C28H29NO6/c1-3-14-33-21-12-10-19(11-13-21)25-24(26(30)20-7-5-8-22(17-20)34-15-4-2)27(31)28(32)29(25)18-23-9-6-16-35-23/h5-13,16-17,25,30H,3-4,14-15,18H2,1-2H3. The quantitative estimate of drug-likeness (QED) is 0.237. The van der Waals surface area contributed by atoms with Gasteiger partial charge in [0.2, 0.25) is 0 Å². The van der Waals surface area contributed by atoms with E-state index in [0.717, 1.165) is 12.8 Å². The molecule has 1 amide bonds. The topological polar surface area (TPSA) is 89.2 Å². The van der Waals surface area contributed by atoms with E-state index in [9.17, 15) is 14.7 Å². The normalized spacial score (nSPS) is 17.1. The van der Waals surface area contributed by atoms with Crippen molar-refractivity contribution >= 4 is 17.4 Å². The number of carbonyl (C=O) groups excluding carboxylic acids is 2. The summed E-state index contributed by atoms with van der Waals surface area (Å²) in [6.07, 6.45) is 3.24. The van der Waals surface area contributed by atoms with Crippen molar-refractivity contribution in [3.05, 3.63) is 89.4 Å². The first kappa shape index (κ1) is 24.1. The number of hydrogen-bond donors (Lipinski definition) is 1. The molecular formula is C28H29NO6. The molecule has 0 spiro atoms. The predicted molar refractivity (Wildman–Crippen MR) is 131 cm³/mol. The van der Waals surface area contributed by atoms with Gasteiger partial charge in [0, 0.05) is 5.56 Å². The third-order valence-electron chi connectivity index (χ3n) is 5.70. The minimum atomic E-state index is -0.791. The number of benzene rings is 2. The lowest BCUT2D eigenvalue weighted by Gasteiger charge is -2.24. The fraction of sp³-hybridized carbons (Fsp3) is 0.286. The Balaban J connectivity index is 1.77. The summed E-state index contributed by atoms with van der Waals surface area (Å²) >= 11 is 0. The lowest BCUT2D eigenvalue weighted by molar-refractivity contribution is -0.140. The predicted octanol–water partition coefficient (Wildman–Crippen LogP) is 5.48. The molecule has 7 nitrogen and oxygen atoms in total. The Hall–Kier alpha value is -4.00. The number of nitrogens with zero attached hydrogens (tertiary/aromatic N) is 1. The molecule has 35 heavy (non-hydrogen) atoms. The molecule has 1 aromatic heterocycles. The molecule has 1 atom stereocenters. The summed E-state index contributed by atoms with van der Waals surface area (Å²) in [6, 6.07) is 16.8. The van der Waals surface area contributed by atoms with E-state index in [2.05, 4.69) is 0 Å². The van der Waals surface area contributed by atoms with Crippen LogP contribution in [0.15, 0.2) is 76.9 Å². The first-order valence-electron chi connectivity index (χ1n) is 11.8. The summed E-state index contributed by atoms with van der Waals surface area (Å²) < 4.78 is 16.8. The first-order chi connectivity index (χ1) is 17.0. The van der Waals surface area contributed by atoms with Gasteiger partial charge >= 0.3 is 0 Å². The van der Waals surface area contributed by atoms with Gasteiger partial charge in [-0.3, -0.25) is 9.59 Å². The summed E-state index contributed by atoms with van der Waals surface area (Å²) in [5, 5.41) is 11.3. The summed E-state index contributed by atoms with van der Waals surface area (Å²) in [7, 11) is 0. The number of carbonyl (C=O) groups is 2. The fourth-order valence-corrected chi connectivity index (χ4v) is 4.03. The number of rotatable bonds is 10. The molecular weight excluding hydrogens is 446 g/mol. The molecule has 7 heteroatoms. The molecule has 0 bridgehead atoms. The SMILES string of the molecule is CCCOc1ccc(C2C(=C(O)c3cccc(OCCC)c3)C(=O)C(=O)N2Cc2ccco2)cc1. The van der Waals surface area contributed by atoms with Crippen LogP contribution in [0.3, 0.4) is 0 Å². The van der Waals surface area contributed by atoms with E-state index < -0.39 is 17.7 Å². The maximum atomic E-state index is 13.2. The number of ether oxygens (including phenoxy) is 2. The third-order valence-corrected chi connectivity index (χ3v) is 5.70. The molecule has 0 aliphatic carbocycles. The highest BCUT2D eigenvalue weighted by Gasteiger charge is 2.46. The number of aliphatic hydroxyl groups is 1. The van der Waals surface area contributed by atoms with Gasteiger partial charge in [-0.05, 0) is 54.8 Å². The van der Waals surface area contributed by atoms with Crippen LogP contribution in [0.2, 0.25) is 0 Å². The van der Waals surface area contributed by atoms with E-state index in [-0.39, 0.29) is 17.9 Å². The molecule has 0 saturated carbocycles. The molecule has 0 radical (unpaired) electrons. The average molecular weight is 476 g/mol. The van der Waals surface area contributed by atoms with Gasteiger partial charge in [-0.15, -0.1) is 0 Å². The van der Waals surface area contributed by atoms with Crippen molar-refractivity contribution in [2.24, 2.45) is 0 Å². The van der Waals surface area contributed by atoms with Crippen LogP contribution in [0, 0.1) is 0 Å². The minimum absolute atomic E-state index is 0.0245. The van der Waals surface area contributed by atoms with E-state index in [4.69, 9.17) is 13.9 Å². The number of amides is 1. The highest BCUT2D eigenvalue weighted by Crippen LogP contribution is 2.41. The van der Waals surface area contributed by atoms with Gasteiger partial charge in [0.25, 0.3) is 11.7 Å². The molecule has 2 heterocycles. The zero-order valence-electron chi connectivity index (χ0n) is 19.9. The maximum Gasteiger partial charge on any atom is 0.296 e. The second-order valence-electron chi connectivity index (χ2n) is 8.30. The van der Waals surface area contributed by atoms with Crippen molar-refractivity contribution < 1.29 is 28.6 Å². The first-order valence-corrected chi connectivity index (χ1v) is 11.8. The summed E-state index contributed by atoms with van der Waals surface area (Å²) in [5.74, 6) is 0.121. The molecule has 1 saturated heterocycles. The van der Waals surface area contributed by atoms with E-state index in [0.29, 0.717) is 41.6 Å². The second kappa shape index (κ2) is 11.0. The Morgan fingerprint density at radius 3 is 2.31 bits per heavy atom. The molecule has 2 aromatic carbocycles. The smallest absolute Gasteiger partial charge is 0.296 e. The second-order valence-corrected chi connectivity index (χ2v) is 8.30. The van der Waals surface area contributed by atoms with Gasteiger partial charge in [0.05, 0.1) is 37.6 Å². The molecule has 1 unspecified atom stereocenters. The Bertz CT molecular complexity index is 1200. The van der Waals surface area contributed by atoms with E-state index in [1.165, 1.54) is 11.2 Å². The van der Waals surface area contributed by atoms with E-state index in [1.54, 1.807) is 48.5 Å². The van der Waals surface area contributed by atoms with Crippen LogP contribution in [0.1, 0.15) is 49.6 Å². The molecule has 182 valence electrons. The lowest BCUT2D eigenvalue weighted by Crippen LogP contribution is -2.29. The number of furan rings is 1. The van der Waals surface area contributed by atoms with Gasteiger partial charge in [0.1, 0.15) is 23.0 Å². The number of ketones is 1. The van der Waals surface area contributed by atoms with Crippen LogP contribution in [0.25, 0.3) is 5.76 Å². The zero-order chi connectivity index (χ0) is 24.8. The molecule has 1 aliphatic rings. The van der Waals surface area contributed by atoms with E-state index in [1.807, 2.05) is 26.0 Å². The van der Waals surface area contributed by atoms with Crippen molar-refractivity contribution in [1.82, 2.24) is 4.90 Å². The van der Waals surface area contributed by atoms with Gasteiger partial charge in [-0.25, -0.2) is 0 Å². The molecule has 1 fully saturated rings. The van der Waals surface area contributed by atoms with Crippen LogP contribution >= 0.6 is 0 Å². The Labute approximate surface area is 204 Å². The van der Waals surface area contributed by atoms with E-state index >= 15 is 0 Å².